The number of nitrogens with zero attached hydrogens (tertiary/aromatic N) is 4. The van der Waals surface area contributed by atoms with E-state index in [-0.39, 0.29) is 5.56 Å². The van der Waals surface area contributed by atoms with E-state index < -0.39 is 0 Å². The van der Waals surface area contributed by atoms with Crippen LogP contribution in [-0.2, 0) is 0 Å². The molecule has 6 heteroatoms. The zero-order valence-corrected chi connectivity index (χ0v) is 17.6. The summed E-state index contributed by atoms with van der Waals surface area (Å²) >= 11 is 3.42. The normalized spacial score (nSPS) is 13.0. The smallest absolute Gasteiger partial charge is 0.282 e. The molecule has 0 aliphatic rings. The van der Waals surface area contributed by atoms with E-state index in [1.807, 2.05) is 24.3 Å². The predicted octanol–water partition coefficient (Wildman–Crippen LogP) is 5.28. The minimum atomic E-state index is -0.175. The fourth-order valence-corrected chi connectivity index (χ4v) is 3.77. The highest BCUT2D eigenvalue weighted by Gasteiger charge is 2.11. The third kappa shape index (κ3) is 3.18. The Morgan fingerprint density at radius 2 is 2.00 bits per heavy atom. The van der Waals surface area contributed by atoms with Gasteiger partial charge in [-0.25, -0.2) is 4.98 Å². The van der Waals surface area contributed by atoms with Crippen molar-refractivity contribution in [2.75, 3.05) is 0 Å². The largest absolute Gasteiger partial charge is 0.344 e. The van der Waals surface area contributed by atoms with Gasteiger partial charge >= 0.3 is 0 Å². The van der Waals surface area contributed by atoms with Crippen molar-refractivity contribution in [1.82, 2.24) is 14.2 Å². The number of aryl methyl sites for hydroxylation is 1. The highest BCUT2D eigenvalue weighted by Crippen LogP contribution is 2.25. The summed E-state index contributed by atoms with van der Waals surface area (Å²) in [7, 11) is 0. The average Bonchev–Trinajstić information content (AvgIpc) is 3.07. The van der Waals surface area contributed by atoms with E-state index in [1.54, 1.807) is 19.2 Å². The van der Waals surface area contributed by atoms with Crippen LogP contribution in [-0.4, -0.2) is 20.4 Å². The summed E-state index contributed by atoms with van der Waals surface area (Å²) in [6.45, 7) is 6.17. The van der Waals surface area contributed by atoms with Crippen molar-refractivity contribution in [3.05, 3.63) is 74.9 Å². The standard InChI is InChI=1S/C22H21BrN4O/c1-4-14(2)26-13-16(18-7-5-6-8-21(18)26)12-24-27-15(3)25-20-10-9-17(23)11-19(20)22(27)28/h5-14H,4H2,1-3H3/t14-/m0/s1. The molecule has 0 saturated heterocycles. The van der Waals surface area contributed by atoms with Crippen LogP contribution in [0.25, 0.3) is 21.8 Å². The van der Waals surface area contributed by atoms with E-state index in [0.717, 1.165) is 21.8 Å². The van der Waals surface area contributed by atoms with Gasteiger partial charge in [-0.2, -0.15) is 9.78 Å². The molecular weight excluding hydrogens is 416 g/mol. The van der Waals surface area contributed by atoms with Crippen LogP contribution in [0.5, 0.6) is 0 Å². The molecule has 0 unspecified atom stereocenters. The molecule has 4 rings (SSSR count). The Kier molecular flexibility index (Phi) is 4.89. The first-order valence-corrected chi connectivity index (χ1v) is 10.1. The number of rotatable bonds is 4. The summed E-state index contributed by atoms with van der Waals surface area (Å²) in [5.74, 6) is 0.557. The first-order valence-electron chi connectivity index (χ1n) is 9.32. The molecule has 2 aromatic heterocycles. The number of aromatic nitrogens is 3. The van der Waals surface area contributed by atoms with E-state index in [1.165, 1.54) is 10.2 Å². The fraction of sp³-hybridized carbons (Fsp3) is 0.227. The molecule has 0 aliphatic heterocycles. The summed E-state index contributed by atoms with van der Waals surface area (Å²) in [6.07, 6.45) is 4.90. The van der Waals surface area contributed by atoms with Crippen LogP contribution in [0.15, 0.2) is 63.0 Å². The summed E-state index contributed by atoms with van der Waals surface area (Å²) in [5.41, 5.74) is 2.65. The Hall–Kier alpha value is -2.73. The molecule has 142 valence electrons. The molecule has 0 bridgehead atoms. The van der Waals surface area contributed by atoms with Crippen LogP contribution in [0.2, 0.25) is 0 Å². The maximum Gasteiger partial charge on any atom is 0.282 e. The number of benzene rings is 2. The summed E-state index contributed by atoms with van der Waals surface area (Å²) in [5, 5.41) is 6.15. The lowest BCUT2D eigenvalue weighted by Gasteiger charge is -2.12. The lowest BCUT2D eigenvalue weighted by Crippen LogP contribution is -2.20. The van der Waals surface area contributed by atoms with E-state index in [2.05, 4.69) is 62.8 Å². The number of hydrogen-bond donors (Lipinski definition) is 0. The van der Waals surface area contributed by atoms with E-state index >= 15 is 0 Å². The van der Waals surface area contributed by atoms with Gasteiger partial charge in [-0.1, -0.05) is 41.1 Å². The fourth-order valence-electron chi connectivity index (χ4n) is 3.41. The van der Waals surface area contributed by atoms with Crippen molar-refractivity contribution >= 4 is 44.0 Å². The molecule has 1 atom stereocenters. The van der Waals surface area contributed by atoms with Crippen LogP contribution < -0.4 is 5.56 Å². The predicted molar refractivity (Wildman–Crippen MR) is 118 cm³/mol. The molecule has 0 saturated carbocycles. The molecule has 0 aliphatic carbocycles. The summed E-state index contributed by atoms with van der Waals surface area (Å²) < 4.78 is 4.47. The van der Waals surface area contributed by atoms with Crippen molar-refractivity contribution in [3.63, 3.8) is 0 Å². The van der Waals surface area contributed by atoms with Gasteiger partial charge in [-0.05, 0) is 44.5 Å². The van der Waals surface area contributed by atoms with Crippen LogP contribution in [0.3, 0.4) is 0 Å². The summed E-state index contributed by atoms with van der Waals surface area (Å²) in [4.78, 5) is 17.5. The maximum atomic E-state index is 12.9. The Morgan fingerprint density at radius 1 is 1.21 bits per heavy atom. The Labute approximate surface area is 171 Å². The molecule has 5 nitrogen and oxygen atoms in total. The van der Waals surface area contributed by atoms with Gasteiger partial charge in [0.1, 0.15) is 5.82 Å². The molecule has 2 heterocycles. The highest BCUT2D eigenvalue weighted by molar-refractivity contribution is 9.10. The third-order valence-electron chi connectivity index (χ3n) is 5.12. The minimum Gasteiger partial charge on any atom is -0.344 e. The van der Waals surface area contributed by atoms with E-state index in [4.69, 9.17) is 0 Å². The molecule has 0 spiro atoms. The van der Waals surface area contributed by atoms with Crippen LogP contribution in [0, 0.1) is 6.92 Å². The monoisotopic (exact) mass is 436 g/mol. The zero-order chi connectivity index (χ0) is 19.8. The minimum absolute atomic E-state index is 0.175. The van der Waals surface area contributed by atoms with Crippen molar-refractivity contribution < 1.29 is 0 Å². The van der Waals surface area contributed by atoms with Gasteiger partial charge in [0.2, 0.25) is 0 Å². The van der Waals surface area contributed by atoms with Gasteiger partial charge in [0.05, 0.1) is 17.1 Å². The van der Waals surface area contributed by atoms with Gasteiger partial charge in [-0.3, -0.25) is 4.79 Å². The third-order valence-corrected chi connectivity index (χ3v) is 5.61. The van der Waals surface area contributed by atoms with E-state index in [9.17, 15) is 4.79 Å². The van der Waals surface area contributed by atoms with E-state index in [0.29, 0.717) is 22.8 Å². The number of halogens is 1. The second kappa shape index (κ2) is 7.36. The van der Waals surface area contributed by atoms with Gasteiger partial charge < -0.3 is 4.57 Å². The molecule has 28 heavy (non-hydrogen) atoms. The molecule has 0 fully saturated rings. The molecule has 0 amide bonds. The van der Waals surface area contributed by atoms with Crippen molar-refractivity contribution in [2.45, 2.75) is 33.2 Å². The molecule has 4 aromatic rings. The van der Waals surface area contributed by atoms with Crippen molar-refractivity contribution in [2.24, 2.45) is 5.10 Å². The molecule has 0 radical (unpaired) electrons. The van der Waals surface area contributed by atoms with Gasteiger partial charge in [0, 0.05) is 33.2 Å². The average molecular weight is 437 g/mol. The quantitative estimate of drug-likeness (QED) is 0.408. The molecular formula is C22H21BrN4O. The Bertz CT molecular complexity index is 1270. The second-order valence-electron chi connectivity index (χ2n) is 6.95. The summed E-state index contributed by atoms with van der Waals surface area (Å²) in [6, 6.07) is 14.1. The van der Waals surface area contributed by atoms with Gasteiger partial charge in [-0.15, -0.1) is 0 Å². The van der Waals surface area contributed by atoms with Crippen LogP contribution in [0.1, 0.15) is 37.7 Å². The Balaban J connectivity index is 1.85. The highest BCUT2D eigenvalue weighted by atomic mass is 79.9. The zero-order valence-electron chi connectivity index (χ0n) is 16.1. The van der Waals surface area contributed by atoms with Gasteiger partial charge in [0.15, 0.2) is 0 Å². The first-order chi connectivity index (χ1) is 13.5. The van der Waals surface area contributed by atoms with Crippen LogP contribution in [0.4, 0.5) is 0 Å². The second-order valence-corrected chi connectivity index (χ2v) is 7.86. The van der Waals surface area contributed by atoms with Crippen molar-refractivity contribution in [3.8, 4) is 0 Å². The van der Waals surface area contributed by atoms with Crippen molar-refractivity contribution in [1.29, 1.82) is 0 Å². The lowest BCUT2D eigenvalue weighted by atomic mass is 10.2. The first kappa shape index (κ1) is 18.6. The SMILES string of the molecule is CC[C@H](C)n1cc(C=Nn2c(C)nc3ccc(Br)cc3c2=O)c2ccccc21. The lowest BCUT2D eigenvalue weighted by molar-refractivity contribution is 0.548. The van der Waals surface area contributed by atoms with Gasteiger partial charge in [0.25, 0.3) is 5.56 Å². The number of para-hydroxylation sites is 1. The number of hydrogen-bond acceptors (Lipinski definition) is 3. The number of fused-ring (bicyclic) bond motifs is 2. The topological polar surface area (TPSA) is 52.2 Å². The Morgan fingerprint density at radius 3 is 2.79 bits per heavy atom. The molecule has 2 aromatic carbocycles. The maximum absolute atomic E-state index is 12.9. The molecule has 0 N–H and O–H groups in total. The van der Waals surface area contributed by atoms with Crippen LogP contribution >= 0.6 is 15.9 Å².